The summed E-state index contributed by atoms with van der Waals surface area (Å²) in [7, 11) is 0. The Hall–Kier alpha value is -5.01. The van der Waals surface area contributed by atoms with Crippen molar-refractivity contribution < 1.29 is 38.9 Å². The monoisotopic (exact) mass is 747 g/mol. The van der Waals surface area contributed by atoms with Gasteiger partial charge < -0.3 is 42.0 Å². The van der Waals surface area contributed by atoms with Gasteiger partial charge in [0.05, 0.1) is 18.6 Å². The Labute approximate surface area is 317 Å². The van der Waals surface area contributed by atoms with Crippen LogP contribution in [0.3, 0.4) is 0 Å². The summed E-state index contributed by atoms with van der Waals surface area (Å²) in [5.41, 5.74) is 7.09. The van der Waals surface area contributed by atoms with E-state index >= 15 is 0 Å². The zero-order chi connectivity index (χ0) is 39.6. The number of carbonyl (C=O) groups excluding carboxylic acids is 4. The molecule has 3 aromatic rings. The van der Waals surface area contributed by atoms with Gasteiger partial charge in [0.15, 0.2) is 0 Å². The molecule has 0 aliphatic heterocycles. The van der Waals surface area contributed by atoms with E-state index in [1.807, 2.05) is 100 Å². The lowest BCUT2D eigenvalue weighted by atomic mass is 9.93. The van der Waals surface area contributed by atoms with E-state index in [1.54, 1.807) is 0 Å². The number of aliphatic carboxylic acids is 1. The number of carboxylic acid groups (broad SMARTS) is 1. The molecular formula is C41H57N5O8. The molecule has 6 atom stereocenters. The van der Waals surface area contributed by atoms with E-state index in [9.17, 15) is 34.2 Å². The normalized spacial score (nSPS) is 14.6. The third kappa shape index (κ3) is 14.1. The zero-order valence-electron chi connectivity index (χ0n) is 31.8. The lowest BCUT2D eigenvalue weighted by Crippen LogP contribution is -2.58. The molecule has 13 heteroatoms. The minimum absolute atomic E-state index is 0.00357. The Bertz CT molecular complexity index is 1660. The number of rotatable bonds is 22. The minimum Gasteiger partial charge on any atom is -0.480 e. The summed E-state index contributed by atoms with van der Waals surface area (Å²) >= 11 is 0. The van der Waals surface area contributed by atoms with E-state index in [1.165, 1.54) is 0 Å². The number of aliphatic hydroxyl groups is 1. The molecule has 3 rings (SSSR count). The lowest BCUT2D eigenvalue weighted by molar-refractivity contribution is -0.142. The summed E-state index contributed by atoms with van der Waals surface area (Å²) in [4.78, 5) is 65.7. The fourth-order valence-electron chi connectivity index (χ4n) is 6.19. The van der Waals surface area contributed by atoms with E-state index in [2.05, 4.69) is 21.3 Å². The van der Waals surface area contributed by atoms with Crippen LogP contribution in [0.25, 0.3) is 10.8 Å². The first kappa shape index (κ1) is 43.4. The number of nitrogens with two attached hydrogens (primary N) is 1. The summed E-state index contributed by atoms with van der Waals surface area (Å²) in [6.07, 6.45) is -0.350. The van der Waals surface area contributed by atoms with E-state index in [-0.39, 0.29) is 31.3 Å². The van der Waals surface area contributed by atoms with Crippen molar-refractivity contribution in [1.82, 2.24) is 21.3 Å². The van der Waals surface area contributed by atoms with Crippen molar-refractivity contribution in [3.05, 3.63) is 83.9 Å². The number of hydrogen-bond acceptors (Lipinski definition) is 8. The fourth-order valence-corrected chi connectivity index (χ4v) is 6.19. The highest BCUT2D eigenvalue weighted by Crippen LogP contribution is 2.21. The highest BCUT2D eigenvalue weighted by molar-refractivity contribution is 5.93. The smallest absolute Gasteiger partial charge is 0.408 e. The predicted octanol–water partition coefficient (Wildman–Crippen LogP) is 4.19. The molecule has 0 unspecified atom stereocenters. The number of amides is 4. The van der Waals surface area contributed by atoms with Gasteiger partial charge in [-0.3, -0.25) is 14.4 Å². The Morgan fingerprint density at radius 3 is 2.15 bits per heavy atom. The van der Waals surface area contributed by atoms with Gasteiger partial charge in [0.25, 0.3) is 0 Å². The molecule has 0 fully saturated rings. The predicted molar refractivity (Wildman–Crippen MR) is 207 cm³/mol. The maximum absolute atomic E-state index is 14.1. The van der Waals surface area contributed by atoms with E-state index in [0.717, 1.165) is 21.9 Å². The number of unbranched alkanes of at least 4 members (excludes halogenated alkanes) is 1. The SMILES string of the molecule is CC[C@H](C)[C@H](NC(=O)[C@H](Cc1cccc2ccccc12)NC(=O)OCc1ccccc1)C(=O)N[C@@H](CC(C)C)[C@@H](O)CC(=O)N[C@@H](CCCCN)C(=O)O. The highest BCUT2D eigenvalue weighted by Gasteiger charge is 2.34. The molecule has 0 aliphatic rings. The average molecular weight is 748 g/mol. The molecule has 0 heterocycles. The number of fused-ring (bicyclic) bond motifs is 1. The van der Waals surface area contributed by atoms with Gasteiger partial charge in [0.1, 0.15) is 24.7 Å². The molecule has 4 amide bonds. The van der Waals surface area contributed by atoms with Gasteiger partial charge in [-0.25, -0.2) is 9.59 Å². The summed E-state index contributed by atoms with van der Waals surface area (Å²) in [6, 6.07) is 18.4. The van der Waals surface area contributed by atoms with Crippen molar-refractivity contribution in [2.45, 2.75) is 110 Å². The van der Waals surface area contributed by atoms with Crippen LogP contribution >= 0.6 is 0 Å². The average Bonchev–Trinajstić information content (AvgIpc) is 3.15. The van der Waals surface area contributed by atoms with Crippen LogP contribution in [0, 0.1) is 11.8 Å². The van der Waals surface area contributed by atoms with Crippen molar-refractivity contribution in [2.75, 3.05) is 6.54 Å². The number of aliphatic hydroxyl groups excluding tert-OH is 1. The zero-order valence-corrected chi connectivity index (χ0v) is 31.8. The first-order chi connectivity index (χ1) is 25.8. The van der Waals surface area contributed by atoms with Crippen LogP contribution in [0.15, 0.2) is 72.8 Å². The van der Waals surface area contributed by atoms with E-state index < -0.39 is 66.5 Å². The second-order valence-electron chi connectivity index (χ2n) is 14.2. The molecule has 294 valence electrons. The molecule has 3 aromatic carbocycles. The Morgan fingerprint density at radius 1 is 0.796 bits per heavy atom. The van der Waals surface area contributed by atoms with Gasteiger partial charge in [0.2, 0.25) is 17.7 Å². The molecule has 0 spiro atoms. The Balaban J connectivity index is 1.80. The van der Waals surface area contributed by atoms with Crippen molar-refractivity contribution in [2.24, 2.45) is 17.6 Å². The van der Waals surface area contributed by atoms with Crippen molar-refractivity contribution >= 4 is 40.6 Å². The van der Waals surface area contributed by atoms with Gasteiger partial charge in [-0.05, 0) is 66.0 Å². The second-order valence-corrected chi connectivity index (χ2v) is 14.2. The number of nitrogens with one attached hydrogen (secondary N) is 4. The molecule has 0 aliphatic carbocycles. The van der Waals surface area contributed by atoms with Gasteiger partial charge in [-0.15, -0.1) is 0 Å². The van der Waals surface area contributed by atoms with Crippen LogP contribution in [0.2, 0.25) is 0 Å². The van der Waals surface area contributed by atoms with Crippen molar-refractivity contribution in [1.29, 1.82) is 0 Å². The number of carbonyl (C=O) groups is 5. The molecule has 8 N–H and O–H groups in total. The second kappa shape index (κ2) is 22.3. The summed E-state index contributed by atoms with van der Waals surface area (Å²) in [6.45, 7) is 7.88. The maximum Gasteiger partial charge on any atom is 0.408 e. The molecule has 13 nitrogen and oxygen atoms in total. The lowest BCUT2D eigenvalue weighted by Gasteiger charge is -2.31. The van der Waals surface area contributed by atoms with Crippen LogP contribution in [0.5, 0.6) is 0 Å². The first-order valence-electron chi connectivity index (χ1n) is 18.8. The standard InChI is InChI=1S/C41H57N5O8/c1-5-27(4)37(39(50)44-33(22-26(2)3)35(47)24-36(48)43-32(40(51)52)20-11-12-21-42)46-38(49)34(45-41(53)54-25-28-14-7-6-8-15-28)23-30-18-13-17-29-16-9-10-19-31(29)30/h6-10,13-19,26-27,32-35,37,47H,5,11-12,20-25,42H2,1-4H3,(H,43,48)(H,44,50)(H,45,53)(H,46,49)(H,51,52)/t27-,32-,33-,34-,35-,37-/m0/s1. The number of ether oxygens (including phenoxy) is 1. The van der Waals surface area contributed by atoms with Crippen LogP contribution < -0.4 is 27.0 Å². The molecule has 54 heavy (non-hydrogen) atoms. The van der Waals surface area contributed by atoms with Crippen molar-refractivity contribution in [3.8, 4) is 0 Å². The quantitative estimate of drug-likeness (QED) is 0.0735. The van der Waals surface area contributed by atoms with Crippen LogP contribution in [0.1, 0.15) is 77.3 Å². The Morgan fingerprint density at radius 2 is 1.48 bits per heavy atom. The third-order valence-electron chi connectivity index (χ3n) is 9.41. The number of carboxylic acids is 1. The first-order valence-corrected chi connectivity index (χ1v) is 18.8. The topological polar surface area (TPSA) is 209 Å². The number of benzene rings is 3. The van der Waals surface area contributed by atoms with Crippen LogP contribution in [-0.4, -0.2) is 76.8 Å². The van der Waals surface area contributed by atoms with Gasteiger partial charge in [0, 0.05) is 6.42 Å². The van der Waals surface area contributed by atoms with Crippen LogP contribution in [0.4, 0.5) is 4.79 Å². The third-order valence-corrected chi connectivity index (χ3v) is 9.41. The number of hydrogen-bond donors (Lipinski definition) is 7. The van der Waals surface area contributed by atoms with Crippen LogP contribution in [-0.2, 0) is 36.9 Å². The van der Waals surface area contributed by atoms with E-state index in [4.69, 9.17) is 10.5 Å². The Kier molecular flexibility index (Phi) is 17.9. The van der Waals surface area contributed by atoms with E-state index in [0.29, 0.717) is 32.2 Å². The molecule has 0 aromatic heterocycles. The maximum atomic E-state index is 14.1. The largest absolute Gasteiger partial charge is 0.480 e. The van der Waals surface area contributed by atoms with Gasteiger partial charge >= 0.3 is 12.1 Å². The molecular weight excluding hydrogens is 690 g/mol. The fraction of sp³-hybridized carbons (Fsp3) is 0.488. The summed E-state index contributed by atoms with van der Waals surface area (Å²) < 4.78 is 5.46. The molecule has 0 radical (unpaired) electrons. The highest BCUT2D eigenvalue weighted by atomic mass is 16.5. The number of alkyl carbamates (subject to hydrolysis) is 1. The molecule has 0 bridgehead atoms. The molecule has 0 saturated carbocycles. The van der Waals surface area contributed by atoms with Gasteiger partial charge in [-0.2, -0.15) is 0 Å². The van der Waals surface area contributed by atoms with Crippen molar-refractivity contribution in [3.63, 3.8) is 0 Å². The minimum atomic E-state index is -1.34. The summed E-state index contributed by atoms with van der Waals surface area (Å²) in [5.74, 6) is -3.38. The molecule has 0 saturated heterocycles. The summed E-state index contributed by atoms with van der Waals surface area (Å²) in [5, 5.41) is 33.5. The van der Waals surface area contributed by atoms with Gasteiger partial charge in [-0.1, -0.05) is 107 Å².